The van der Waals surface area contributed by atoms with Crippen molar-refractivity contribution in [2.45, 2.75) is 6.61 Å². The molecule has 0 saturated carbocycles. The Hall–Kier alpha value is -2.23. The van der Waals surface area contributed by atoms with Crippen LogP contribution in [0.5, 0.6) is 11.5 Å². The molecule has 0 bridgehead atoms. The van der Waals surface area contributed by atoms with Crippen LogP contribution in [0.4, 0.5) is 10.1 Å². The van der Waals surface area contributed by atoms with E-state index in [1.807, 2.05) is 55.6 Å². The van der Waals surface area contributed by atoms with E-state index in [-0.39, 0.29) is 6.61 Å². The lowest BCUT2D eigenvalue weighted by Crippen LogP contribution is -1.99. The molecular weight excluding hydrogens is 257 g/mol. The lowest BCUT2D eigenvalue weighted by Gasteiger charge is -2.08. The van der Waals surface area contributed by atoms with E-state index in [4.69, 9.17) is 9.47 Å². The first-order valence-electron chi connectivity index (χ1n) is 6.50. The third-order valence-corrected chi connectivity index (χ3v) is 2.82. The van der Waals surface area contributed by atoms with Gasteiger partial charge in [-0.15, -0.1) is 0 Å². The highest BCUT2D eigenvalue weighted by atomic mass is 19.1. The van der Waals surface area contributed by atoms with Gasteiger partial charge in [-0.25, -0.2) is 4.39 Å². The first-order valence-corrected chi connectivity index (χ1v) is 6.50. The van der Waals surface area contributed by atoms with E-state index in [0.29, 0.717) is 12.4 Å². The highest BCUT2D eigenvalue weighted by molar-refractivity contribution is 5.45. The molecule has 0 saturated heterocycles. The van der Waals surface area contributed by atoms with E-state index < -0.39 is 6.67 Å². The Balaban J connectivity index is 1.86. The van der Waals surface area contributed by atoms with Crippen molar-refractivity contribution in [2.24, 2.45) is 0 Å². The molecule has 2 rings (SSSR count). The summed E-state index contributed by atoms with van der Waals surface area (Å²) in [6.07, 6.45) is 0. The number of halogens is 1. The fourth-order valence-corrected chi connectivity index (χ4v) is 1.72. The van der Waals surface area contributed by atoms with Crippen molar-refractivity contribution < 1.29 is 13.9 Å². The Morgan fingerprint density at radius 1 is 0.900 bits per heavy atom. The predicted octanol–water partition coefficient (Wildman–Crippen LogP) is 3.66. The number of ether oxygens (including phenoxy) is 2. The molecule has 0 aliphatic carbocycles. The zero-order chi connectivity index (χ0) is 14.2. The van der Waals surface area contributed by atoms with Crippen LogP contribution in [0, 0.1) is 0 Å². The number of hydrogen-bond donors (Lipinski definition) is 1. The van der Waals surface area contributed by atoms with Crippen molar-refractivity contribution in [3.8, 4) is 11.5 Å². The van der Waals surface area contributed by atoms with Crippen LogP contribution in [-0.4, -0.2) is 20.3 Å². The highest BCUT2D eigenvalue weighted by Gasteiger charge is 1.98. The van der Waals surface area contributed by atoms with Gasteiger partial charge in [0.2, 0.25) is 0 Å². The Labute approximate surface area is 118 Å². The highest BCUT2D eigenvalue weighted by Crippen LogP contribution is 2.18. The van der Waals surface area contributed by atoms with Crippen molar-refractivity contribution in [3.63, 3.8) is 0 Å². The first-order chi connectivity index (χ1) is 9.81. The fraction of sp³-hybridized carbons (Fsp3) is 0.250. The molecule has 0 unspecified atom stereocenters. The normalized spacial score (nSPS) is 10.1. The summed E-state index contributed by atoms with van der Waals surface area (Å²) >= 11 is 0. The molecule has 20 heavy (non-hydrogen) atoms. The molecule has 0 fully saturated rings. The molecule has 0 amide bonds. The molecule has 0 spiro atoms. The molecule has 0 heterocycles. The number of anilines is 1. The van der Waals surface area contributed by atoms with Crippen molar-refractivity contribution in [3.05, 3.63) is 54.1 Å². The third kappa shape index (κ3) is 4.16. The quantitative estimate of drug-likeness (QED) is 0.836. The lowest BCUT2D eigenvalue weighted by atomic mass is 10.2. The van der Waals surface area contributed by atoms with E-state index in [1.54, 1.807) is 0 Å². The third-order valence-electron chi connectivity index (χ3n) is 2.82. The largest absolute Gasteiger partial charge is 0.491 e. The van der Waals surface area contributed by atoms with Gasteiger partial charge in [0.05, 0.1) is 0 Å². The summed E-state index contributed by atoms with van der Waals surface area (Å²) in [7, 11) is 1.88. The summed E-state index contributed by atoms with van der Waals surface area (Å²) in [6.45, 7) is 0.101. The van der Waals surface area contributed by atoms with Crippen LogP contribution < -0.4 is 14.8 Å². The van der Waals surface area contributed by atoms with E-state index in [2.05, 4.69) is 5.32 Å². The molecule has 0 radical (unpaired) electrons. The molecule has 1 N–H and O–H groups in total. The van der Waals surface area contributed by atoms with Gasteiger partial charge >= 0.3 is 0 Å². The molecule has 0 aromatic heterocycles. The van der Waals surface area contributed by atoms with Crippen LogP contribution in [0.2, 0.25) is 0 Å². The second-order valence-electron chi connectivity index (χ2n) is 4.24. The molecule has 106 valence electrons. The van der Waals surface area contributed by atoms with Crippen molar-refractivity contribution in [2.75, 3.05) is 25.6 Å². The van der Waals surface area contributed by atoms with Crippen LogP contribution in [0.1, 0.15) is 5.56 Å². The second-order valence-corrected chi connectivity index (χ2v) is 4.24. The number of rotatable bonds is 7. The first kappa shape index (κ1) is 14.2. The SMILES string of the molecule is CNc1ccc(OCc2ccc(OCCF)cc2)cc1. The van der Waals surface area contributed by atoms with Crippen LogP contribution >= 0.6 is 0 Å². The maximum atomic E-state index is 12.0. The number of nitrogens with one attached hydrogen (secondary N) is 1. The average molecular weight is 275 g/mol. The molecule has 0 aliphatic heterocycles. The van der Waals surface area contributed by atoms with E-state index in [0.717, 1.165) is 17.0 Å². The van der Waals surface area contributed by atoms with Crippen molar-refractivity contribution in [1.29, 1.82) is 0 Å². The van der Waals surface area contributed by atoms with Gasteiger partial charge < -0.3 is 14.8 Å². The number of hydrogen-bond acceptors (Lipinski definition) is 3. The topological polar surface area (TPSA) is 30.5 Å². The Morgan fingerprint density at radius 3 is 2.10 bits per heavy atom. The summed E-state index contributed by atoms with van der Waals surface area (Å²) in [6, 6.07) is 15.2. The number of alkyl halides is 1. The minimum absolute atomic E-state index is 0.0909. The van der Waals surface area contributed by atoms with Crippen LogP contribution in [0.15, 0.2) is 48.5 Å². The summed E-state index contributed by atoms with van der Waals surface area (Å²) in [4.78, 5) is 0. The van der Waals surface area contributed by atoms with E-state index in [1.165, 1.54) is 0 Å². The van der Waals surface area contributed by atoms with Crippen LogP contribution in [0.25, 0.3) is 0 Å². The Morgan fingerprint density at radius 2 is 1.50 bits per heavy atom. The van der Waals surface area contributed by atoms with E-state index >= 15 is 0 Å². The summed E-state index contributed by atoms with van der Waals surface area (Å²) in [5, 5.41) is 3.05. The van der Waals surface area contributed by atoms with Gasteiger partial charge in [-0.05, 0) is 42.0 Å². The summed E-state index contributed by atoms with van der Waals surface area (Å²) < 4.78 is 22.8. The minimum atomic E-state index is -0.479. The monoisotopic (exact) mass is 275 g/mol. The number of benzene rings is 2. The van der Waals surface area contributed by atoms with Gasteiger partial charge in [-0.2, -0.15) is 0 Å². The molecule has 4 heteroatoms. The molecule has 0 aliphatic rings. The van der Waals surface area contributed by atoms with Gasteiger partial charge in [-0.1, -0.05) is 12.1 Å². The Bertz CT molecular complexity index is 511. The molecule has 3 nitrogen and oxygen atoms in total. The van der Waals surface area contributed by atoms with E-state index in [9.17, 15) is 4.39 Å². The van der Waals surface area contributed by atoms with Crippen LogP contribution in [-0.2, 0) is 6.61 Å². The Kier molecular flexibility index (Phi) is 5.24. The van der Waals surface area contributed by atoms with Gasteiger partial charge in [0.15, 0.2) is 0 Å². The molecule has 2 aromatic carbocycles. The van der Waals surface area contributed by atoms with Gasteiger partial charge in [0.25, 0.3) is 0 Å². The fourth-order valence-electron chi connectivity index (χ4n) is 1.72. The van der Waals surface area contributed by atoms with Crippen molar-refractivity contribution >= 4 is 5.69 Å². The van der Waals surface area contributed by atoms with Gasteiger partial charge in [-0.3, -0.25) is 0 Å². The molecule has 0 atom stereocenters. The van der Waals surface area contributed by atoms with Crippen molar-refractivity contribution in [1.82, 2.24) is 0 Å². The molecular formula is C16H18FNO2. The second kappa shape index (κ2) is 7.38. The zero-order valence-corrected chi connectivity index (χ0v) is 11.4. The smallest absolute Gasteiger partial charge is 0.123 e. The van der Waals surface area contributed by atoms with Crippen LogP contribution in [0.3, 0.4) is 0 Å². The zero-order valence-electron chi connectivity index (χ0n) is 11.4. The minimum Gasteiger partial charge on any atom is -0.491 e. The molecule has 2 aromatic rings. The standard InChI is InChI=1S/C16H18FNO2/c1-18-14-4-8-16(9-5-14)20-12-13-2-6-15(7-3-13)19-11-10-17/h2-9,18H,10-12H2,1H3. The van der Waals surface area contributed by atoms with Gasteiger partial charge in [0.1, 0.15) is 31.4 Å². The maximum absolute atomic E-state index is 12.0. The summed E-state index contributed by atoms with van der Waals surface area (Å²) in [5.74, 6) is 1.49. The summed E-state index contributed by atoms with van der Waals surface area (Å²) in [5.41, 5.74) is 2.09. The maximum Gasteiger partial charge on any atom is 0.123 e. The van der Waals surface area contributed by atoms with Gasteiger partial charge in [0, 0.05) is 12.7 Å². The predicted molar refractivity (Wildman–Crippen MR) is 78.2 cm³/mol. The lowest BCUT2D eigenvalue weighted by molar-refractivity contribution is 0.272. The average Bonchev–Trinajstić information content (AvgIpc) is 2.52.